The number of phenolic OH excluding ortho intramolecular Hbond substituents is 1. The van der Waals surface area contributed by atoms with Crippen LogP contribution in [-0.2, 0) is 0 Å². The van der Waals surface area contributed by atoms with E-state index in [2.05, 4.69) is 10.3 Å². The van der Waals surface area contributed by atoms with E-state index in [1.54, 1.807) is 12.1 Å². The zero-order valence-electron chi connectivity index (χ0n) is 16.3. The first-order valence-electron chi connectivity index (χ1n) is 9.53. The highest BCUT2D eigenvalue weighted by Crippen LogP contribution is 2.28. The first-order chi connectivity index (χ1) is 13.6. The van der Waals surface area contributed by atoms with Crippen LogP contribution in [0.5, 0.6) is 5.75 Å². The molecule has 1 saturated carbocycles. The Morgan fingerprint density at radius 3 is 2.37 bits per heavy atom. The zero-order valence-corrected chi connectivity index (χ0v) is 18.7. The van der Waals surface area contributed by atoms with Crippen LogP contribution in [0.15, 0.2) is 42.5 Å². The van der Waals surface area contributed by atoms with Gasteiger partial charge >= 0.3 is 0 Å². The van der Waals surface area contributed by atoms with E-state index in [1.807, 2.05) is 42.5 Å². The molecule has 5 nitrogen and oxygen atoms in total. The molecule has 30 heavy (non-hydrogen) atoms. The molecule has 1 aromatic heterocycles. The summed E-state index contributed by atoms with van der Waals surface area (Å²) in [5.41, 5.74) is 7.84. The largest absolute Gasteiger partial charge is 0.508 e. The molecule has 1 aliphatic rings. The van der Waals surface area contributed by atoms with Crippen molar-refractivity contribution in [2.24, 2.45) is 5.73 Å². The van der Waals surface area contributed by atoms with Gasteiger partial charge in [0, 0.05) is 22.5 Å². The van der Waals surface area contributed by atoms with Crippen molar-refractivity contribution in [3.63, 3.8) is 0 Å². The summed E-state index contributed by atoms with van der Waals surface area (Å²) < 4.78 is 0. The molecule has 3 aromatic rings. The second-order valence-electron chi connectivity index (χ2n) is 7.27. The summed E-state index contributed by atoms with van der Waals surface area (Å²) in [5, 5.41) is 15.0. The van der Waals surface area contributed by atoms with Crippen LogP contribution < -0.4 is 11.1 Å². The van der Waals surface area contributed by atoms with Crippen LogP contribution in [0.25, 0.3) is 23.1 Å². The van der Waals surface area contributed by atoms with Crippen molar-refractivity contribution in [3.8, 4) is 5.75 Å². The molecule has 0 radical (unpaired) electrons. The molecule has 1 fully saturated rings. The van der Waals surface area contributed by atoms with Crippen molar-refractivity contribution in [2.75, 3.05) is 5.32 Å². The molecule has 2 aromatic carbocycles. The molecule has 0 aliphatic heterocycles. The van der Waals surface area contributed by atoms with Gasteiger partial charge in [-0.15, -0.1) is 24.8 Å². The van der Waals surface area contributed by atoms with Crippen molar-refractivity contribution >= 4 is 65.3 Å². The van der Waals surface area contributed by atoms with Gasteiger partial charge in [0.05, 0.1) is 5.52 Å². The van der Waals surface area contributed by atoms with E-state index in [9.17, 15) is 5.11 Å². The molecule has 0 spiro atoms. The number of nitrogens with zero attached hydrogens (tertiary/aromatic N) is 2. The average molecular weight is 468 g/mol. The fourth-order valence-electron chi connectivity index (χ4n) is 3.52. The van der Waals surface area contributed by atoms with Crippen molar-refractivity contribution < 1.29 is 5.11 Å². The number of nitrogens with two attached hydrogens (primary N) is 1. The summed E-state index contributed by atoms with van der Waals surface area (Å²) in [6.45, 7) is 0. The lowest BCUT2D eigenvalue weighted by molar-refractivity contribution is 0.410. The molecule has 0 saturated heterocycles. The van der Waals surface area contributed by atoms with E-state index in [4.69, 9.17) is 22.3 Å². The van der Waals surface area contributed by atoms with Crippen molar-refractivity contribution in [1.82, 2.24) is 9.97 Å². The van der Waals surface area contributed by atoms with Gasteiger partial charge < -0.3 is 16.2 Å². The lowest BCUT2D eigenvalue weighted by Crippen LogP contribution is -2.33. The van der Waals surface area contributed by atoms with E-state index < -0.39 is 0 Å². The Kier molecular flexibility index (Phi) is 8.74. The molecule has 0 unspecified atom stereocenters. The third-order valence-corrected chi connectivity index (χ3v) is 5.36. The minimum absolute atomic E-state index is 0. The molecule has 0 bridgehead atoms. The summed E-state index contributed by atoms with van der Waals surface area (Å²) in [6, 6.07) is 13.4. The number of hydrogen-bond donors (Lipinski definition) is 3. The first kappa shape index (κ1) is 24.2. The minimum Gasteiger partial charge on any atom is -0.508 e. The third-order valence-electron chi connectivity index (χ3n) is 5.10. The van der Waals surface area contributed by atoms with E-state index in [-0.39, 0.29) is 30.6 Å². The SMILES string of the molecule is Cl.Cl.NC1CCC(Nc2nc(/C=C/c3ccc(Cl)cc3)nc3ccc(O)cc23)CC1. The van der Waals surface area contributed by atoms with Gasteiger partial charge in [-0.3, -0.25) is 0 Å². The topological polar surface area (TPSA) is 84.1 Å². The average Bonchev–Trinajstić information content (AvgIpc) is 2.70. The monoisotopic (exact) mass is 466 g/mol. The quantitative estimate of drug-likeness (QED) is 0.459. The van der Waals surface area contributed by atoms with Crippen LogP contribution in [0.2, 0.25) is 5.02 Å². The van der Waals surface area contributed by atoms with Crippen molar-refractivity contribution in [1.29, 1.82) is 0 Å². The molecule has 1 aliphatic carbocycles. The van der Waals surface area contributed by atoms with Crippen LogP contribution in [-0.4, -0.2) is 27.2 Å². The van der Waals surface area contributed by atoms with Gasteiger partial charge in [0.25, 0.3) is 0 Å². The highest BCUT2D eigenvalue weighted by Gasteiger charge is 2.20. The predicted molar refractivity (Wildman–Crippen MR) is 130 cm³/mol. The number of benzene rings is 2. The number of fused-ring (bicyclic) bond motifs is 1. The molecule has 0 atom stereocenters. The lowest BCUT2D eigenvalue weighted by Gasteiger charge is -2.27. The second kappa shape index (κ2) is 10.8. The smallest absolute Gasteiger partial charge is 0.154 e. The second-order valence-corrected chi connectivity index (χ2v) is 7.71. The fraction of sp³-hybridized carbons (Fsp3) is 0.273. The Hall–Kier alpha value is -2.05. The van der Waals surface area contributed by atoms with E-state index in [0.717, 1.165) is 48.0 Å². The number of halogens is 3. The maximum atomic E-state index is 9.91. The normalized spacial score (nSPS) is 18.6. The molecule has 8 heteroatoms. The maximum Gasteiger partial charge on any atom is 0.154 e. The van der Waals surface area contributed by atoms with Gasteiger partial charge in [0.15, 0.2) is 5.82 Å². The summed E-state index contributed by atoms with van der Waals surface area (Å²) in [4.78, 5) is 9.33. The molecule has 1 heterocycles. The molecule has 4 N–H and O–H groups in total. The Morgan fingerprint density at radius 2 is 1.67 bits per heavy atom. The van der Waals surface area contributed by atoms with Gasteiger partial charge in [-0.2, -0.15) is 0 Å². The van der Waals surface area contributed by atoms with Gasteiger partial charge in [-0.1, -0.05) is 29.8 Å². The van der Waals surface area contributed by atoms with Gasteiger partial charge in [-0.25, -0.2) is 9.97 Å². The Balaban J connectivity index is 0.00000160. The predicted octanol–water partition coefficient (Wildman–Crippen LogP) is 5.68. The molecule has 160 valence electrons. The lowest BCUT2D eigenvalue weighted by atomic mass is 9.92. The molecular formula is C22H25Cl3N4O. The van der Waals surface area contributed by atoms with Gasteiger partial charge in [0.1, 0.15) is 11.6 Å². The molecular weight excluding hydrogens is 443 g/mol. The van der Waals surface area contributed by atoms with Crippen LogP contribution >= 0.6 is 36.4 Å². The van der Waals surface area contributed by atoms with Crippen LogP contribution in [0.1, 0.15) is 37.1 Å². The van der Waals surface area contributed by atoms with E-state index >= 15 is 0 Å². The van der Waals surface area contributed by atoms with Crippen LogP contribution in [0.4, 0.5) is 5.82 Å². The summed E-state index contributed by atoms with van der Waals surface area (Å²) in [5.74, 6) is 1.56. The molecule has 4 rings (SSSR count). The Morgan fingerprint density at radius 1 is 0.967 bits per heavy atom. The number of aromatic hydroxyl groups is 1. The number of aromatic nitrogens is 2. The van der Waals surface area contributed by atoms with E-state index in [1.165, 1.54) is 0 Å². The number of nitrogens with one attached hydrogen (secondary N) is 1. The minimum atomic E-state index is 0. The number of hydrogen-bond acceptors (Lipinski definition) is 5. The van der Waals surface area contributed by atoms with Crippen LogP contribution in [0.3, 0.4) is 0 Å². The zero-order chi connectivity index (χ0) is 19.5. The Labute approximate surface area is 193 Å². The maximum absolute atomic E-state index is 9.91. The molecule has 0 amide bonds. The standard InChI is InChI=1S/C22H23ClN4O.2ClH/c23-15-4-1-14(2-5-15)3-12-21-26-20-11-10-18(28)13-19(20)22(27-21)25-17-8-6-16(24)7-9-17;;/h1-5,10-13,16-17,28H,6-9,24H2,(H,25,26,27);2*1H/b12-3+;;. The number of phenols is 1. The summed E-state index contributed by atoms with van der Waals surface area (Å²) in [6.07, 6.45) is 7.90. The third kappa shape index (κ3) is 5.99. The van der Waals surface area contributed by atoms with Crippen molar-refractivity contribution in [3.05, 3.63) is 58.9 Å². The highest BCUT2D eigenvalue weighted by molar-refractivity contribution is 6.30. The van der Waals surface area contributed by atoms with Gasteiger partial charge in [-0.05, 0) is 67.7 Å². The Bertz CT molecular complexity index is 1000. The van der Waals surface area contributed by atoms with Gasteiger partial charge in [0.2, 0.25) is 0 Å². The number of anilines is 1. The first-order valence-corrected chi connectivity index (χ1v) is 9.91. The fourth-order valence-corrected chi connectivity index (χ4v) is 3.65. The summed E-state index contributed by atoms with van der Waals surface area (Å²) in [7, 11) is 0. The van der Waals surface area contributed by atoms with Crippen molar-refractivity contribution in [2.45, 2.75) is 37.8 Å². The van der Waals surface area contributed by atoms with Crippen LogP contribution in [0, 0.1) is 0 Å². The highest BCUT2D eigenvalue weighted by atomic mass is 35.5. The van der Waals surface area contributed by atoms with E-state index in [0.29, 0.717) is 22.9 Å². The summed E-state index contributed by atoms with van der Waals surface area (Å²) >= 11 is 5.94. The number of rotatable bonds is 4.